The second-order valence-electron chi connectivity index (χ2n) is 5.61. The number of likely N-dealkylation sites (tertiary alicyclic amines) is 1. The number of carbonyl (C=O) groups is 1. The number of piperidine rings is 1. The molecule has 17 heavy (non-hydrogen) atoms. The van der Waals surface area contributed by atoms with Crippen LogP contribution in [0.15, 0.2) is 0 Å². The Morgan fingerprint density at radius 1 is 1.24 bits per heavy atom. The molecule has 0 bridgehead atoms. The van der Waals surface area contributed by atoms with Gasteiger partial charge in [-0.3, -0.25) is 0 Å². The first kappa shape index (κ1) is 12.7. The molecule has 1 saturated heterocycles. The van der Waals surface area contributed by atoms with Crippen LogP contribution < -0.4 is 11.1 Å². The van der Waals surface area contributed by atoms with Crippen LogP contribution in [-0.4, -0.2) is 35.6 Å². The minimum atomic E-state index is 0.122. The van der Waals surface area contributed by atoms with Gasteiger partial charge in [-0.1, -0.05) is 19.3 Å². The zero-order valence-corrected chi connectivity index (χ0v) is 10.8. The molecule has 0 radical (unpaired) electrons. The Kier molecular flexibility index (Phi) is 4.26. The highest BCUT2D eigenvalue weighted by atomic mass is 16.2. The van der Waals surface area contributed by atoms with Crippen molar-refractivity contribution < 1.29 is 4.79 Å². The zero-order valence-electron chi connectivity index (χ0n) is 10.8. The molecule has 1 saturated carbocycles. The van der Waals surface area contributed by atoms with Crippen LogP contribution in [0.5, 0.6) is 0 Å². The molecule has 2 rings (SSSR count). The first-order valence-corrected chi connectivity index (χ1v) is 6.99. The van der Waals surface area contributed by atoms with Crippen LogP contribution in [0.25, 0.3) is 0 Å². The standard InChI is InChI=1S/C13H25N3O/c1-10-9-11(14)7-8-16(10)13(17)15-12-5-3-2-4-6-12/h10-12H,2-9,14H2,1H3,(H,15,17). The number of nitrogens with zero attached hydrogens (tertiary/aromatic N) is 1. The van der Waals surface area contributed by atoms with Crippen molar-refractivity contribution in [2.24, 2.45) is 5.73 Å². The van der Waals surface area contributed by atoms with Crippen LogP contribution in [0.2, 0.25) is 0 Å². The zero-order chi connectivity index (χ0) is 12.3. The fraction of sp³-hybridized carbons (Fsp3) is 0.923. The molecule has 4 heteroatoms. The van der Waals surface area contributed by atoms with Crippen molar-refractivity contribution in [3.8, 4) is 0 Å². The summed E-state index contributed by atoms with van der Waals surface area (Å²) in [6.07, 6.45) is 7.99. The van der Waals surface area contributed by atoms with E-state index in [-0.39, 0.29) is 18.1 Å². The molecule has 98 valence electrons. The average molecular weight is 239 g/mol. The predicted molar refractivity (Wildman–Crippen MR) is 68.8 cm³/mol. The van der Waals surface area contributed by atoms with Gasteiger partial charge < -0.3 is 16.0 Å². The summed E-state index contributed by atoms with van der Waals surface area (Å²) in [6, 6.07) is 1.07. The summed E-state index contributed by atoms with van der Waals surface area (Å²) in [5, 5.41) is 3.18. The Morgan fingerprint density at radius 3 is 2.59 bits per heavy atom. The van der Waals surface area contributed by atoms with Crippen molar-refractivity contribution in [2.45, 2.75) is 70.0 Å². The van der Waals surface area contributed by atoms with E-state index in [9.17, 15) is 4.79 Å². The number of carbonyl (C=O) groups excluding carboxylic acids is 1. The summed E-state index contributed by atoms with van der Waals surface area (Å²) in [7, 11) is 0. The molecule has 1 aliphatic carbocycles. The maximum absolute atomic E-state index is 12.2. The summed E-state index contributed by atoms with van der Waals surface area (Å²) >= 11 is 0. The monoisotopic (exact) mass is 239 g/mol. The van der Waals surface area contributed by atoms with Gasteiger partial charge in [0.2, 0.25) is 0 Å². The molecule has 1 aliphatic heterocycles. The van der Waals surface area contributed by atoms with Gasteiger partial charge in [0.15, 0.2) is 0 Å². The van der Waals surface area contributed by atoms with Crippen molar-refractivity contribution in [1.29, 1.82) is 0 Å². The van der Waals surface area contributed by atoms with Crippen molar-refractivity contribution in [2.75, 3.05) is 6.54 Å². The maximum Gasteiger partial charge on any atom is 0.317 e. The van der Waals surface area contributed by atoms with E-state index in [2.05, 4.69) is 12.2 Å². The lowest BCUT2D eigenvalue weighted by Crippen LogP contribution is -2.53. The molecular weight excluding hydrogens is 214 g/mol. The number of nitrogens with one attached hydrogen (secondary N) is 1. The summed E-state index contributed by atoms with van der Waals surface area (Å²) < 4.78 is 0. The van der Waals surface area contributed by atoms with Gasteiger partial charge in [0, 0.05) is 24.7 Å². The summed E-state index contributed by atoms with van der Waals surface area (Å²) in [6.45, 7) is 2.90. The Hall–Kier alpha value is -0.770. The third-order valence-corrected chi connectivity index (χ3v) is 4.11. The van der Waals surface area contributed by atoms with Crippen LogP contribution in [0.4, 0.5) is 4.79 Å². The van der Waals surface area contributed by atoms with E-state index in [4.69, 9.17) is 5.73 Å². The molecule has 0 aromatic heterocycles. The highest BCUT2D eigenvalue weighted by Crippen LogP contribution is 2.19. The fourth-order valence-corrected chi connectivity index (χ4v) is 3.01. The van der Waals surface area contributed by atoms with Gasteiger partial charge in [-0.05, 0) is 32.6 Å². The van der Waals surface area contributed by atoms with Crippen LogP contribution >= 0.6 is 0 Å². The highest BCUT2D eigenvalue weighted by molar-refractivity contribution is 5.75. The fourth-order valence-electron chi connectivity index (χ4n) is 3.01. The Bertz CT molecular complexity index is 263. The van der Waals surface area contributed by atoms with E-state index < -0.39 is 0 Å². The van der Waals surface area contributed by atoms with Gasteiger partial charge in [0.1, 0.15) is 0 Å². The number of hydrogen-bond acceptors (Lipinski definition) is 2. The lowest BCUT2D eigenvalue weighted by Gasteiger charge is -2.37. The number of nitrogens with two attached hydrogens (primary N) is 1. The topological polar surface area (TPSA) is 58.4 Å². The number of amides is 2. The molecule has 2 unspecified atom stereocenters. The molecule has 2 fully saturated rings. The normalized spacial score (nSPS) is 31.3. The molecule has 4 nitrogen and oxygen atoms in total. The van der Waals surface area contributed by atoms with E-state index in [1.54, 1.807) is 0 Å². The predicted octanol–water partition coefficient (Wildman–Crippen LogP) is 1.84. The molecule has 2 amide bonds. The van der Waals surface area contributed by atoms with Crippen LogP contribution in [0.1, 0.15) is 51.9 Å². The van der Waals surface area contributed by atoms with Crippen LogP contribution in [0.3, 0.4) is 0 Å². The third-order valence-electron chi connectivity index (χ3n) is 4.11. The first-order valence-electron chi connectivity index (χ1n) is 6.99. The minimum Gasteiger partial charge on any atom is -0.335 e. The van der Waals surface area contributed by atoms with Crippen LogP contribution in [0, 0.1) is 0 Å². The number of urea groups is 1. The lowest BCUT2D eigenvalue weighted by molar-refractivity contribution is 0.146. The SMILES string of the molecule is CC1CC(N)CCN1C(=O)NC1CCCCC1. The third kappa shape index (κ3) is 3.35. The summed E-state index contributed by atoms with van der Waals surface area (Å²) in [5.41, 5.74) is 5.91. The number of hydrogen-bond donors (Lipinski definition) is 2. The first-order chi connectivity index (χ1) is 8.16. The Balaban J connectivity index is 1.82. The molecular formula is C13H25N3O. The molecule has 2 aliphatic rings. The Morgan fingerprint density at radius 2 is 1.94 bits per heavy atom. The largest absolute Gasteiger partial charge is 0.335 e. The van der Waals surface area contributed by atoms with E-state index in [1.807, 2.05) is 4.90 Å². The lowest BCUT2D eigenvalue weighted by atomic mass is 9.95. The molecule has 2 atom stereocenters. The molecule has 0 aromatic rings. The molecule has 1 heterocycles. The van der Waals surface area contributed by atoms with Gasteiger partial charge in [-0.15, -0.1) is 0 Å². The molecule has 3 N–H and O–H groups in total. The van der Waals surface area contributed by atoms with Gasteiger partial charge in [-0.25, -0.2) is 4.79 Å². The highest BCUT2D eigenvalue weighted by Gasteiger charge is 2.28. The van der Waals surface area contributed by atoms with Crippen molar-refractivity contribution in [3.05, 3.63) is 0 Å². The van der Waals surface area contributed by atoms with E-state index in [0.29, 0.717) is 6.04 Å². The quantitative estimate of drug-likeness (QED) is 0.733. The van der Waals surface area contributed by atoms with E-state index >= 15 is 0 Å². The van der Waals surface area contributed by atoms with Crippen LogP contribution in [-0.2, 0) is 0 Å². The van der Waals surface area contributed by atoms with Gasteiger partial charge in [0.05, 0.1) is 0 Å². The van der Waals surface area contributed by atoms with Gasteiger partial charge in [-0.2, -0.15) is 0 Å². The number of rotatable bonds is 1. The molecule has 0 aromatic carbocycles. The smallest absolute Gasteiger partial charge is 0.317 e. The minimum absolute atomic E-state index is 0.122. The summed E-state index contributed by atoms with van der Waals surface area (Å²) in [5.74, 6) is 0. The van der Waals surface area contributed by atoms with Gasteiger partial charge in [0.25, 0.3) is 0 Å². The summed E-state index contributed by atoms with van der Waals surface area (Å²) in [4.78, 5) is 14.1. The van der Waals surface area contributed by atoms with Crippen molar-refractivity contribution in [1.82, 2.24) is 10.2 Å². The van der Waals surface area contributed by atoms with Crippen molar-refractivity contribution >= 4 is 6.03 Å². The van der Waals surface area contributed by atoms with E-state index in [0.717, 1.165) is 32.2 Å². The van der Waals surface area contributed by atoms with E-state index in [1.165, 1.54) is 19.3 Å². The maximum atomic E-state index is 12.2. The average Bonchev–Trinajstić information content (AvgIpc) is 2.30. The Labute approximate surface area is 104 Å². The second kappa shape index (κ2) is 5.71. The second-order valence-corrected chi connectivity index (χ2v) is 5.61. The van der Waals surface area contributed by atoms with Gasteiger partial charge >= 0.3 is 6.03 Å². The van der Waals surface area contributed by atoms with Crippen molar-refractivity contribution in [3.63, 3.8) is 0 Å². The molecule has 0 spiro atoms.